The van der Waals surface area contributed by atoms with Gasteiger partial charge in [0.15, 0.2) is 0 Å². The Morgan fingerprint density at radius 1 is 1.00 bits per heavy atom. The molecule has 0 aliphatic heterocycles. The standard InChI is InChI=1S/C12H18O3S/c1-11-3-5-12(6-4-11)16-15-10-9-14-8-7-13-2/h3-6H,7-10H2,1-2H3. The van der Waals surface area contributed by atoms with Gasteiger partial charge in [0.2, 0.25) is 0 Å². The van der Waals surface area contributed by atoms with Gasteiger partial charge in [0.25, 0.3) is 0 Å². The van der Waals surface area contributed by atoms with Gasteiger partial charge >= 0.3 is 0 Å². The van der Waals surface area contributed by atoms with Gasteiger partial charge in [-0.15, -0.1) is 0 Å². The monoisotopic (exact) mass is 242 g/mol. The molecule has 1 aromatic carbocycles. The molecule has 16 heavy (non-hydrogen) atoms. The molecule has 0 radical (unpaired) electrons. The fourth-order valence-corrected chi connectivity index (χ4v) is 1.58. The molecule has 0 aromatic heterocycles. The molecule has 3 nitrogen and oxygen atoms in total. The molecule has 0 N–H and O–H groups in total. The van der Waals surface area contributed by atoms with E-state index in [1.54, 1.807) is 7.11 Å². The van der Waals surface area contributed by atoms with E-state index in [4.69, 9.17) is 13.7 Å². The molecule has 0 spiro atoms. The summed E-state index contributed by atoms with van der Waals surface area (Å²) in [5, 5.41) is 0. The van der Waals surface area contributed by atoms with Crippen molar-refractivity contribution in [3.63, 3.8) is 0 Å². The summed E-state index contributed by atoms with van der Waals surface area (Å²) in [6, 6.07) is 8.24. The van der Waals surface area contributed by atoms with E-state index in [0.29, 0.717) is 26.4 Å². The molecule has 1 rings (SSSR count). The Balaban J connectivity index is 2.01. The zero-order valence-corrected chi connectivity index (χ0v) is 10.6. The molecule has 0 amide bonds. The molecule has 0 saturated heterocycles. The highest BCUT2D eigenvalue weighted by Crippen LogP contribution is 2.18. The largest absolute Gasteiger partial charge is 0.382 e. The molecule has 4 heteroatoms. The molecule has 0 heterocycles. The van der Waals surface area contributed by atoms with Gasteiger partial charge in [-0.1, -0.05) is 17.7 Å². The van der Waals surface area contributed by atoms with E-state index in [1.165, 1.54) is 17.6 Å². The number of methoxy groups -OCH3 is 1. The van der Waals surface area contributed by atoms with Crippen LogP contribution in [0.2, 0.25) is 0 Å². The first-order valence-electron chi connectivity index (χ1n) is 5.26. The lowest BCUT2D eigenvalue weighted by molar-refractivity contribution is 0.0576. The number of hydrogen-bond donors (Lipinski definition) is 0. The smallest absolute Gasteiger partial charge is 0.0852 e. The van der Waals surface area contributed by atoms with E-state index in [1.807, 2.05) is 12.1 Å². The van der Waals surface area contributed by atoms with Crippen LogP contribution in [-0.2, 0) is 13.7 Å². The molecule has 0 fully saturated rings. The van der Waals surface area contributed by atoms with Crippen LogP contribution in [0.4, 0.5) is 0 Å². The maximum Gasteiger partial charge on any atom is 0.0852 e. The second-order valence-corrected chi connectivity index (χ2v) is 4.20. The predicted octanol–water partition coefficient (Wildman–Crippen LogP) is 2.68. The summed E-state index contributed by atoms with van der Waals surface area (Å²) in [6.45, 7) is 4.50. The number of ether oxygens (including phenoxy) is 2. The van der Waals surface area contributed by atoms with Crippen molar-refractivity contribution >= 4 is 12.0 Å². The van der Waals surface area contributed by atoms with Crippen LogP contribution in [0.3, 0.4) is 0 Å². The fraction of sp³-hybridized carbons (Fsp3) is 0.500. The van der Waals surface area contributed by atoms with Crippen molar-refractivity contribution in [2.75, 3.05) is 33.5 Å². The van der Waals surface area contributed by atoms with Crippen molar-refractivity contribution in [3.05, 3.63) is 29.8 Å². The van der Waals surface area contributed by atoms with Gasteiger partial charge < -0.3 is 13.7 Å². The van der Waals surface area contributed by atoms with Crippen molar-refractivity contribution in [2.45, 2.75) is 11.8 Å². The normalized spacial score (nSPS) is 10.6. The van der Waals surface area contributed by atoms with E-state index in [0.717, 1.165) is 4.90 Å². The number of rotatable bonds is 8. The van der Waals surface area contributed by atoms with Crippen LogP contribution < -0.4 is 0 Å². The molecular formula is C12H18O3S. The average Bonchev–Trinajstić information content (AvgIpc) is 2.30. The molecule has 0 aliphatic carbocycles. The molecule has 0 aliphatic rings. The molecule has 0 atom stereocenters. The maximum atomic E-state index is 5.39. The number of hydrogen-bond acceptors (Lipinski definition) is 4. The van der Waals surface area contributed by atoms with Gasteiger partial charge in [0.1, 0.15) is 0 Å². The summed E-state index contributed by atoms with van der Waals surface area (Å²) in [5.74, 6) is 0. The average molecular weight is 242 g/mol. The Morgan fingerprint density at radius 3 is 2.38 bits per heavy atom. The molecule has 0 saturated carbocycles. The zero-order chi connectivity index (χ0) is 11.6. The minimum atomic E-state index is 0.586. The lowest BCUT2D eigenvalue weighted by atomic mass is 10.2. The van der Waals surface area contributed by atoms with Gasteiger partial charge in [-0.25, -0.2) is 0 Å². The van der Waals surface area contributed by atoms with Crippen LogP contribution in [0.1, 0.15) is 5.56 Å². The summed E-state index contributed by atoms with van der Waals surface area (Å²) < 4.78 is 15.5. The summed E-state index contributed by atoms with van der Waals surface area (Å²) in [4.78, 5) is 1.11. The highest BCUT2D eigenvalue weighted by Gasteiger charge is 1.94. The first kappa shape index (κ1) is 13.5. The lowest BCUT2D eigenvalue weighted by Crippen LogP contribution is -2.06. The van der Waals surface area contributed by atoms with Gasteiger partial charge in [0, 0.05) is 24.0 Å². The molecular weight excluding hydrogens is 224 g/mol. The molecule has 0 unspecified atom stereocenters. The van der Waals surface area contributed by atoms with E-state index in [9.17, 15) is 0 Å². The third-order valence-electron chi connectivity index (χ3n) is 1.92. The van der Waals surface area contributed by atoms with Crippen molar-refractivity contribution in [1.29, 1.82) is 0 Å². The van der Waals surface area contributed by atoms with Gasteiger partial charge in [0.05, 0.1) is 26.4 Å². The highest BCUT2D eigenvalue weighted by atomic mass is 32.2. The van der Waals surface area contributed by atoms with Crippen LogP contribution in [0.15, 0.2) is 29.2 Å². The Hall–Kier alpha value is -0.550. The summed E-state index contributed by atoms with van der Waals surface area (Å²) in [6.07, 6.45) is 0. The predicted molar refractivity (Wildman–Crippen MR) is 65.7 cm³/mol. The van der Waals surface area contributed by atoms with Crippen LogP contribution in [-0.4, -0.2) is 33.5 Å². The minimum Gasteiger partial charge on any atom is -0.382 e. The lowest BCUT2D eigenvalue weighted by Gasteiger charge is -2.04. The fourth-order valence-electron chi connectivity index (χ4n) is 1.04. The SMILES string of the molecule is COCCOCCOSc1ccc(C)cc1. The number of benzene rings is 1. The maximum absolute atomic E-state index is 5.39. The topological polar surface area (TPSA) is 27.7 Å². The first-order valence-corrected chi connectivity index (χ1v) is 6.00. The Morgan fingerprint density at radius 2 is 1.69 bits per heavy atom. The second-order valence-electron chi connectivity index (χ2n) is 3.32. The van der Waals surface area contributed by atoms with Crippen LogP contribution in [0.5, 0.6) is 0 Å². The van der Waals surface area contributed by atoms with Gasteiger partial charge in [-0.2, -0.15) is 0 Å². The van der Waals surface area contributed by atoms with E-state index >= 15 is 0 Å². The Bertz CT molecular complexity index is 274. The number of aryl methyl sites for hydroxylation is 1. The van der Waals surface area contributed by atoms with E-state index < -0.39 is 0 Å². The van der Waals surface area contributed by atoms with Crippen molar-refractivity contribution < 1.29 is 13.7 Å². The van der Waals surface area contributed by atoms with Crippen molar-refractivity contribution in [1.82, 2.24) is 0 Å². The Labute approximate surface area is 101 Å². The minimum absolute atomic E-state index is 0.586. The second kappa shape index (κ2) is 8.58. The molecule has 1 aromatic rings. The first-order chi connectivity index (χ1) is 7.83. The van der Waals surface area contributed by atoms with Gasteiger partial charge in [-0.3, -0.25) is 0 Å². The van der Waals surface area contributed by atoms with Crippen LogP contribution in [0.25, 0.3) is 0 Å². The zero-order valence-electron chi connectivity index (χ0n) is 9.77. The van der Waals surface area contributed by atoms with Crippen molar-refractivity contribution in [2.24, 2.45) is 0 Å². The summed E-state index contributed by atoms with van der Waals surface area (Å²) in [7, 11) is 1.66. The van der Waals surface area contributed by atoms with Crippen LogP contribution >= 0.6 is 12.0 Å². The molecule has 90 valence electrons. The third-order valence-corrected chi connectivity index (χ3v) is 2.67. The quantitative estimate of drug-likeness (QED) is 0.517. The summed E-state index contributed by atoms with van der Waals surface area (Å²) >= 11 is 1.38. The third kappa shape index (κ3) is 6.12. The van der Waals surface area contributed by atoms with E-state index in [2.05, 4.69) is 19.1 Å². The highest BCUT2D eigenvalue weighted by molar-refractivity contribution is 7.94. The summed E-state index contributed by atoms with van der Waals surface area (Å²) in [5.41, 5.74) is 1.26. The molecule has 0 bridgehead atoms. The Kier molecular flexibility index (Phi) is 7.25. The van der Waals surface area contributed by atoms with Crippen molar-refractivity contribution in [3.8, 4) is 0 Å². The van der Waals surface area contributed by atoms with Crippen LogP contribution in [0, 0.1) is 6.92 Å². The van der Waals surface area contributed by atoms with Gasteiger partial charge in [-0.05, 0) is 19.1 Å². The van der Waals surface area contributed by atoms with E-state index in [-0.39, 0.29) is 0 Å².